The molecule has 0 spiro atoms. The number of ether oxygens (including phenoxy) is 1. The Labute approximate surface area is 107 Å². The molecule has 1 aliphatic rings. The van der Waals surface area contributed by atoms with E-state index in [0.29, 0.717) is 5.90 Å². The van der Waals surface area contributed by atoms with Crippen molar-refractivity contribution in [3.05, 3.63) is 35.4 Å². The van der Waals surface area contributed by atoms with Crippen molar-refractivity contribution in [2.45, 2.75) is 25.7 Å². The van der Waals surface area contributed by atoms with Gasteiger partial charge in [0, 0.05) is 7.05 Å². The summed E-state index contributed by atoms with van der Waals surface area (Å²) in [4.78, 5) is 12.4. The van der Waals surface area contributed by atoms with Crippen LogP contribution in [0.15, 0.2) is 29.4 Å². The van der Waals surface area contributed by atoms with Gasteiger partial charge in [0.15, 0.2) is 5.41 Å². The second kappa shape index (κ2) is 4.44. The minimum Gasteiger partial charge on any atom is -0.482 e. The first kappa shape index (κ1) is 12.6. The van der Waals surface area contributed by atoms with Crippen molar-refractivity contribution in [2.75, 3.05) is 14.2 Å². The van der Waals surface area contributed by atoms with Crippen LogP contribution in [0, 0.1) is 0 Å². The highest BCUT2D eigenvalue weighted by molar-refractivity contribution is 6.13. The first-order valence-corrected chi connectivity index (χ1v) is 6.05. The fourth-order valence-electron chi connectivity index (χ4n) is 2.49. The number of aryl methyl sites for hydroxylation is 1. The lowest BCUT2D eigenvalue weighted by atomic mass is 9.78. The molecule has 1 atom stereocenters. The summed E-state index contributed by atoms with van der Waals surface area (Å²) < 4.78 is 5.31. The van der Waals surface area contributed by atoms with Crippen LogP contribution in [0.25, 0.3) is 0 Å². The number of likely N-dealkylation sites (N-methyl/N-ethyl adjacent to an activating group) is 1. The predicted octanol–water partition coefficient (Wildman–Crippen LogP) is 1.94. The number of hydrazone groups is 1. The Morgan fingerprint density at radius 3 is 2.67 bits per heavy atom. The maximum atomic E-state index is 12.4. The molecular formula is C14H18N2O2. The number of carbonyl (C=O) groups excluding carboxylic acids is 1. The van der Waals surface area contributed by atoms with Crippen LogP contribution in [0.4, 0.5) is 0 Å². The average molecular weight is 246 g/mol. The van der Waals surface area contributed by atoms with E-state index in [1.165, 1.54) is 5.01 Å². The van der Waals surface area contributed by atoms with Crippen molar-refractivity contribution in [1.29, 1.82) is 0 Å². The summed E-state index contributed by atoms with van der Waals surface area (Å²) in [5.41, 5.74) is 1.31. The third kappa shape index (κ3) is 1.60. The van der Waals surface area contributed by atoms with E-state index in [1.807, 2.05) is 31.2 Å². The van der Waals surface area contributed by atoms with Crippen molar-refractivity contribution in [3.8, 4) is 0 Å². The summed E-state index contributed by atoms with van der Waals surface area (Å²) >= 11 is 0. The Kier molecular flexibility index (Phi) is 3.11. The van der Waals surface area contributed by atoms with Crippen LogP contribution in [0.1, 0.15) is 25.0 Å². The van der Waals surface area contributed by atoms with Crippen LogP contribution in [0.5, 0.6) is 0 Å². The molecule has 0 aromatic heterocycles. The van der Waals surface area contributed by atoms with Gasteiger partial charge in [-0.25, -0.2) is 5.01 Å². The largest absolute Gasteiger partial charge is 0.482 e. The van der Waals surface area contributed by atoms with Gasteiger partial charge >= 0.3 is 0 Å². The lowest BCUT2D eigenvalue weighted by molar-refractivity contribution is -0.131. The Balaban J connectivity index is 2.60. The molecule has 0 saturated heterocycles. The summed E-state index contributed by atoms with van der Waals surface area (Å²) in [7, 11) is 3.21. The summed E-state index contributed by atoms with van der Waals surface area (Å²) in [6.45, 7) is 3.95. The van der Waals surface area contributed by atoms with E-state index in [0.717, 1.165) is 17.5 Å². The molecule has 96 valence electrons. The maximum absolute atomic E-state index is 12.4. The third-order valence-electron chi connectivity index (χ3n) is 3.52. The van der Waals surface area contributed by atoms with Crippen molar-refractivity contribution >= 4 is 11.8 Å². The van der Waals surface area contributed by atoms with Crippen LogP contribution in [0.3, 0.4) is 0 Å². The normalized spacial score (nSPS) is 23.2. The molecule has 0 saturated carbocycles. The highest BCUT2D eigenvalue weighted by Gasteiger charge is 2.49. The van der Waals surface area contributed by atoms with Gasteiger partial charge in [-0.3, -0.25) is 4.79 Å². The molecule has 1 aliphatic heterocycles. The smallest absolute Gasteiger partial charge is 0.262 e. The molecular weight excluding hydrogens is 228 g/mol. The summed E-state index contributed by atoms with van der Waals surface area (Å²) in [5, 5.41) is 5.52. The monoisotopic (exact) mass is 246 g/mol. The number of benzene rings is 1. The Hall–Kier alpha value is -1.84. The van der Waals surface area contributed by atoms with Crippen molar-refractivity contribution < 1.29 is 9.53 Å². The molecule has 1 unspecified atom stereocenters. The van der Waals surface area contributed by atoms with Crippen LogP contribution in [0.2, 0.25) is 0 Å². The topological polar surface area (TPSA) is 41.9 Å². The minimum absolute atomic E-state index is 0.0553. The van der Waals surface area contributed by atoms with Crippen LogP contribution >= 0.6 is 0 Å². The van der Waals surface area contributed by atoms with Crippen molar-refractivity contribution in [1.82, 2.24) is 5.01 Å². The number of rotatable bonds is 2. The number of hydrogen-bond acceptors (Lipinski definition) is 3. The fraction of sp³-hybridized carbons (Fsp3) is 0.429. The second-order valence-corrected chi connectivity index (χ2v) is 4.57. The van der Waals surface area contributed by atoms with E-state index >= 15 is 0 Å². The van der Waals surface area contributed by atoms with Gasteiger partial charge < -0.3 is 4.74 Å². The van der Waals surface area contributed by atoms with E-state index in [4.69, 9.17) is 4.74 Å². The molecule has 0 radical (unpaired) electrons. The molecule has 1 amide bonds. The van der Waals surface area contributed by atoms with E-state index in [-0.39, 0.29) is 5.91 Å². The third-order valence-corrected chi connectivity index (χ3v) is 3.52. The summed E-state index contributed by atoms with van der Waals surface area (Å²) in [6, 6.07) is 7.95. The Bertz CT molecular complexity index is 510. The quantitative estimate of drug-likeness (QED) is 0.800. The van der Waals surface area contributed by atoms with E-state index < -0.39 is 5.41 Å². The molecule has 2 rings (SSSR count). The lowest BCUT2D eigenvalue weighted by Crippen LogP contribution is -2.41. The zero-order valence-electron chi connectivity index (χ0n) is 11.2. The highest BCUT2D eigenvalue weighted by atomic mass is 16.5. The molecule has 1 aromatic carbocycles. The standard InChI is InChI=1S/C14H18N2O2/c1-5-10-8-6-7-9-11(10)14(2)12(18-4)15-16(3)13(14)17/h6-9H,5H2,1-4H3. The molecule has 1 heterocycles. The SMILES string of the molecule is CCc1ccccc1C1(C)C(=O)N(C)N=C1OC. The zero-order valence-corrected chi connectivity index (χ0v) is 11.2. The van der Waals surface area contributed by atoms with Gasteiger partial charge in [0.1, 0.15) is 0 Å². The molecule has 1 aromatic rings. The van der Waals surface area contributed by atoms with E-state index in [2.05, 4.69) is 12.0 Å². The zero-order chi connectivity index (χ0) is 13.3. The van der Waals surface area contributed by atoms with Gasteiger partial charge in [-0.05, 0) is 24.5 Å². The molecule has 0 aliphatic carbocycles. The van der Waals surface area contributed by atoms with Gasteiger partial charge in [-0.2, -0.15) is 0 Å². The number of methoxy groups -OCH3 is 1. The maximum Gasteiger partial charge on any atom is 0.262 e. The predicted molar refractivity (Wildman–Crippen MR) is 70.4 cm³/mol. The van der Waals surface area contributed by atoms with Gasteiger partial charge in [0.2, 0.25) is 5.90 Å². The first-order chi connectivity index (χ1) is 8.55. The van der Waals surface area contributed by atoms with Crippen LogP contribution in [-0.4, -0.2) is 31.0 Å². The second-order valence-electron chi connectivity index (χ2n) is 4.57. The summed E-state index contributed by atoms with van der Waals surface area (Å²) in [6.07, 6.45) is 0.875. The first-order valence-electron chi connectivity index (χ1n) is 6.05. The molecule has 0 N–H and O–H groups in total. The number of carbonyl (C=O) groups is 1. The van der Waals surface area contributed by atoms with Crippen molar-refractivity contribution in [2.24, 2.45) is 5.10 Å². The van der Waals surface area contributed by atoms with E-state index in [1.54, 1.807) is 14.2 Å². The molecule has 0 fully saturated rings. The van der Waals surface area contributed by atoms with Gasteiger partial charge in [-0.1, -0.05) is 31.2 Å². The van der Waals surface area contributed by atoms with Crippen molar-refractivity contribution in [3.63, 3.8) is 0 Å². The fourth-order valence-corrected chi connectivity index (χ4v) is 2.49. The van der Waals surface area contributed by atoms with Gasteiger partial charge in [0.25, 0.3) is 5.91 Å². The van der Waals surface area contributed by atoms with Gasteiger partial charge in [0.05, 0.1) is 7.11 Å². The molecule has 4 nitrogen and oxygen atoms in total. The highest BCUT2D eigenvalue weighted by Crippen LogP contribution is 2.35. The number of amides is 1. The number of nitrogens with zero attached hydrogens (tertiary/aromatic N) is 2. The Morgan fingerprint density at radius 1 is 1.39 bits per heavy atom. The molecule has 0 bridgehead atoms. The number of hydrogen-bond donors (Lipinski definition) is 0. The van der Waals surface area contributed by atoms with Crippen LogP contribution in [-0.2, 0) is 21.4 Å². The van der Waals surface area contributed by atoms with E-state index in [9.17, 15) is 4.79 Å². The van der Waals surface area contributed by atoms with Crippen LogP contribution < -0.4 is 0 Å². The molecule has 4 heteroatoms. The summed E-state index contributed by atoms with van der Waals surface area (Å²) in [5.74, 6) is 0.399. The molecule has 18 heavy (non-hydrogen) atoms. The average Bonchev–Trinajstić information content (AvgIpc) is 2.63. The minimum atomic E-state index is -0.809. The Morgan fingerprint density at radius 2 is 2.06 bits per heavy atom. The van der Waals surface area contributed by atoms with Gasteiger partial charge in [-0.15, -0.1) is 5.10 Å². The lowest BCUT2D eigenvalue weighted by Gasteiger charge is -2.25.